The van der Waals surface area contributed by atoms with Crippen molar-refractivity contribution in [3.8, 4) is 11.5 Å². The molecule has 1 aromatic heterocycles. The number of nitrogens with zero attached hydrogens (tertiary/aromatic N) is 1. The molecule has 0 spiro atoms. The monoisotopic (exact) mass is 557 g/mol. The lowest BCUT2D eigenvalue weighted by Crippen LogP contribution is -2.37. The number of benzene rings is 3. The van der Waals surface area contributed by atoms with Gasteiger partial charge >= 0.3 is 5.97 Å². The average Bonchev–Trinajstić information content (AvgIpc) is 2.94. The molecule has 0 radical (unpaired) electrons. The Morgan fingerprint density at radius 3 is 2.41 bits per heavy atom. The Balaban J connectivity index is 1.72. The molecule has 212 valence electrons. The van der Waals surface area contributed by atoms with Crippen molar-refractivity contribution < 1.29 is 29.0 Å². The summed E-state index contributed by atoms with van der Waals surface area (Å²) in [5.41, 5.74) is 8.18. The van der Waals surface area contributed by atoms with Crippen molar-refractivity contribution in [1.29, 1.82) is 0 Å². The lowest BCUT2D eigenvalue weighted by molar-refractivity contribution is -0.137. The molecule has 0 bridgehead atoms. The van der Waals surface area contributed by atoms with E-state index in [-0.39, 0.29) is 12.3 Å². The lowest BCUT2D eigenvalue weighted by Gasteiger charge is -2.25. The predicted molar refractivity (Wildman–Crippen MR) is 156 cm³/mol. The molecule has 0 aliphatic heterocycles. The Bertz CT molecular complexity index is 1590. The van der Waals surface area contributed by atoms with Gasteiger partial charge in [-0.05, 0) is 65.0 Å². The number of aliphatic carboxylic acids is 1. The zero-order valence-electron chi connectivity index (χ0n) is 22.8. The summed E-state index contributed by atoms with van der Waals surface area (Å²) in [6.07, 6.45) is 1.22. The van der Waals surface area contributed by atoms with Crippen molar-refractivity contribution in [2.24, 2.45) is 0 Å². The normalized spacial score (nSPS) is 12.2. The summed E-state index contributed by atoms with van der Waals surface area (Å²) in [6.45, 7) is 1.38. The maximum atomic E-state index is 13.9. The van der Waals surface area contributed by atoms with Crippen LogP contribution in [0.1, 0.15) is 36.6 Å². The molecule has 6 N–H and O–H groups in total. The van der Waals surface area contributed by atoms with Crippen LogP contribution in [0.3, 0.4) is 0 Å². The van der Waals surface area contributed by atoms with Gasteiger partial charge in [0.1, 0.15) is 11.9 Å². The van der Waals surface area contributed by atoms with E-state index in [4.69, 9.17) is 15.2 Å². The zero-order valence-corrected chi connectivity index (χ0v) is 22.8. The number of fused-ring (bicyclic) bond motifs is 1. The number of hydrogen-bond donors (Lipinski definition) is 5. The Morgan fingerprint density at radius 1 is 0.927 bits per heavy atom. The van der Waals surface area contributed by atoms with E-state index in [1.807, 2.05) is 18.2 Å². The Kier molecular flexibility index (Phi) is 8.88. The Hall–Kier alpha value is -5.32. The van der Waals surface area contributed by atoms with Crippen LogP contribution in [0.4, 0.5) is 17.2 Å². The number of carbonyl (C=O) groups excluding carboxylic acids is 2. The SMILES string of the molecule is COc1ccc(C(Nc2ccc3c(N)nccc3c2)C(=O)N[C@H](CC(=O)O)c2cccc(NC(C)=O)c2)cc1OC. The van der Waals surface area contributed by atoms with Gasteiger partial charge in [-0.1, -0.05) is 18.2 Å². The quantitative estimate of drug-likeness (QED) is 0.181. The number of nitrogens with two attached hydrogens (primary N) is 1. The van der Waals surface area contributed by atoms with Gasteiger partial charge < -0.3 is 36.3 Å². The fourth-order valence-corrected chi connectivity index (χ4v) is 4.51. The first-order valence-electron chi connectivity index (χ1n) is 12.7. The predicted octanol–water partition coefficient (Wildman–Crippen LogP) is 4.28. The molecular formula is C30H31N5O6. The minimum absolute atomic E-state index is 0.272. The summed E-state index contributed by atoms with van der Waals surface area (Å²) in [4.78, 5) is 41.4. The molecule has 4 aromatic rings. The molecule has 41 heavy (non-hydrogen) atoms. The maximum absolute atomic E-state index is 13.9. The number of carbonyl (C=O) groups is 3. The summed E-state index contributed by atoms with van der Waals surface area (Å²) < 4.78 is 10.8. The second-order valence-corrected chi connectivity index (χ2v) is 9.29. The first-order valence-corrected chi connectivity index (χ1v) is 12.7. The molecule has 0 aliphatic carbocycles. The van der Waals surface area contributed by atoms with Gasteiger partial charge in [-0.15, -0.1) is 0 Å². The van der Waals surface area contributed by atoms with Gasteiger partial charge in [0, 0.05) is 29.9 Å². The number of carboxylic acid groups (broad SMARTS) is 1. The maximum Gasteiger partial charge on any atom is 0.305 e. The highest BCUT2D eigenvalue weighted by Gasteiger charge is 2.27. The molecule has 0 aliphatic rings. The lowest BCUT2D eigenvalue weighted by atomic mass is 10.00. The molecule has 2 atom stereocenters. The molecule has 11 heteroatoms. The number of hydrogen-bond acceptors (Lipinski definition) is 8. The molecule has 0 saturated carbocycles. The van der Waals surface area contributed by atoms with Crippen molar-refractivity contribution in [2.75, 3.05) is 30.6 Å². The Morgan fingerprint density at radius 2 is 1.71 bits per heavy atom. The molecule has 1 unspecified atom stereocenters. The summed E-state index contributed by atoms with van der Waals surface area (Å²) in [5.74, 6) is -0.554. The fraction of sp³-hybridized carbons (Fsp3) is 0.200. The minimum Gasteiger partial charge on any atom is -0.493 e. The van der Waals surface area contributed by atoms with Crippen LogP contribution in [0.15, 0.2) is 72.9 Å². The summed E-state index contributed by atoms with van der Waals surface area (Å²) in [6, 6.07) is 17.2. The number of carboxylic acids is 1. The number of anilines is 3. The Labute approximate surface area is 236 Å². The van der Waals surface area contributed by atoms with Crippen molar-refractivity contribution in [1.82, 2.24) is 10.3 Å². The number of pyridine rings is 1. The van der Waals surface area contributed by atoms with Crippen LogP contribution in [0.5, 0.6) is 11.5 Å². The first-order chi connectivity index (χ1) is 19.7. The van der Waals surface area contributed by atoms with Crippen molar-refractivity contribution >= 4 is 45.7 Å². The summed E-state index contributed by atoms with van der Waals surface area (Å²) in [5, 5.41) is 20.1. The number of rotatable bonds is 11. The second kappa shape index (κ2) is 12.7. The third kappa shape index (κ3) is 7.01. The number of aromatic nitrogens is 1. The molecule has 3 aromatic carbocycles. The molecular weight excluding hydrogens is 526 g/mol. The highest BCUT2D eigenvalue weighted by atomic mass is 16.5. The smallest absolute Gasteiger partial charge is 0.305 e. The van der Waals surface area contributed by atoms with Crippen molar-refractivity contribution in [2.45, 2.75) is 25.4 Å². The zero-order chi connectivity index (χ0) is 29.5. The van der Waals surface area contributed by atoms with E-state index < -0.39 is 24.0 Å². The molecule has 0 fully saturated rings. The first kappa shape index (κ1) is 28.7. The second-order valence-electron chi connectivity index (χ2n) is 9.29. The topological polar surface area (TPSA) is 165 Å². The fourth-order valence-electron chi connectivity index (χ4n) is 4.51. The average molecular weight is 558 g/mol. The van der Waals surface area contributed by atoms with Gasteiger partial charge in [0.15, 0.2) is 11.5 Å². The third-order valence-electron chi connectivity index (χ3n) is 6.41. The van der Waals surface area contributed by atoms with Gasteiger partial charge in [-0.25, -0.2) is 4.98 Å². The van der Waals surface area contributed by atoms with E-state index in [1.165, 1.54) is 21.1 Å². The van der Waals surface area contributed by atoms with Gasteiger partial charge in [0.25, 0.3) is 0 Å². The van der Waals surface area contributed by atoms with Crippen LogP contribution < -0.4 is 31.2 Å². The number of nitrogens with one attached hydrogen (secondary N) is 3. The van der Waals surface area contributed by atoms with Crippen LogP contribution in [0.25, 0.3) is 10.8 Å². The minimum atomic E-state index is -1.10. The van der Waals surface area contributed by atoms with Crippen LogP contribution in [0, 0.1) is 0 Å². The van der Waals surface area contributed by atoms with Gasteiger partial charge in [-0.2, -0.15) is 0 Å². The summed E-state index contributed by atoms with van der Waals surface area (Å²) in [7, 11) is 3.01. The van der Waals surface area contributed by atoms with E-state index in [0.29, 0.717) is 39.8 Å². The summed E-state index contributed by atoms with van der Waals surface area (Å²) >= 11 is 0. The van der Waals surface area contributed by atoms with Gasteiger partial charge in [0.05, 0.1) is 26.7 Å². The standard InChI is InChI=1S/C30H31N5O6/c1-17(36)33-21-6-4-5-19(14-21)24(16-27(37)38)35-30(39)28(20-7-10-25(40-2)26(15-20)41-3)34-22-8-9-23-18(13-22)11-12-32-29(23)31/h4-15,24,28,34H,16H2,1-3H3,(H2,31,32)(H,33,36)(H,35,39)(H,37,38)/t24-,28?/m1/s1. The van der Waals surface area contributed by atoms with Crippen molar-refractivity contribution in [3.63, 3.8) is 0 Å². The molecule has 11 nitrogen and oxygen atoms in total. The van der Waals surface area contributed by atoms with Crippen LogP contribution in [-0.2, 0) is 14.4 Å². The highest BCUT2D eigenvalue weighted by molar-refractivity contribution is 5.94. The molecule has 0 saturated heterocycles. The van der Waals surface area contributed by atoms with E-state index in [2.05, 4.69) is 20.9 Å². The third-order valence-corrected chi connectivity index (χ3v) is 6.41. The largest absolute Gasteiger partial charge is 0.493 e. The molecule has 2 amide bonds. The van der Waals surface area contributed by atoms with E-state index in [1.54, 1.807) is 54.7 Å². The van der Waals surface area contributed by atoms with E-state index in [0.717, 1.165) is 10.8 Å². The van der Waals surface area contributed by atoms with Gasteiger partial charge in [-0.3, -0.25) is 14.4 Å². The number of methoxy groups -OCH3 is 2. The van der Waals surface area contributed by atoms with Crippen LogP contribution in [-0.4, -0.2) is 42.1 Å². The van der Waals surface area contributed by atoms with Crippen LogP contribution >= 0.6 is 0 Å². The van der Waals surface area contributed by atoms with Crippen molar-refractivity contribution in [3.05, 3.63) is 84.1 Å². The number of nitrogen functional groups attached to an aromatic ring is 1. The van der Waals surface area contributed by atoms with Crippen LogP contribution in [0.2, 0.25) is 0 Å². The molecule has 4 rings (SSSR count). The number of ether oxygens (including phenoxy) is 2. The van der Waals surface area contributed by atoms with E-state index >= 15 is 0 Å². The molecule has 1 heterocycles. The number of amides is 2. The highest BCUT2D eigenvalue weighted by Crippen LogP contribution is 2.33. The van der Waals surface area contributed by atoms with Gasteiger partial charge in [0.2, 0.25) is 11.8 Å². The van der Waals surface area contributed by atoms with E-state index in [9.17, 15) is 19.5 Å².